The Balaban J connectivity index is 1.54. The van der Waals surface area contributed by atoms with Crippen LogP contribution >= 0.6 is 0 Å². The average molecular weight is 344 g/mol. The van der Waals surface area contributed by atoms with Gasteiger partial charge in [0.1, 0.15) is 11.5 Å². The van der Waals surface area contributed by atoms with Gasteiger partial charge in [0.15, 0.2) is 5.96 Å². The largest absolute Gasteiger partial charge is 0.494 e. The van der Waals surface area contributed by atoms with Crippen LogP contribution in [0.2, 0.25) is 0 Å². The van der Waals surface area contributed by atoms with Gasteiger partial charge in [0.05, 0.1) is 26.0 Å². The highest BCUT2D eigenvalue weighted by molar-refractivity contribution is 5.86. The van der Waals surface area contributed by atoms with Crippen molar-refractivity contribution in [3.8, 4) is 5.75 Å². The molecular weight excluding hydrogens is 320 g/mol. The molecular formula is C18H24N4O3. The first-order chi connectivity index (χ1) is 12.3. The number of rotatable bonds is 9. The van der Waals surface area contributed by atoms with E-state index in [1.165, 1.54) is 0 Å². The Labute approximate surface area is 147 Å². The van der Waals surface area contributed by atoms with Crippen LogP contribution in [-0.2, 0) is 11.3 Å². The van der Waals surface area contributed by atoms with Gasteiger partial charge in [-0.25, -0.2) is 0 Å². The van der Waals surface area contributed by atoms with Crippen molar-refractivity contribution in [1.82, 2.24) is 16.0 Å². The number of hydrogen-bond acceptors (Lipinski definition) is 4. The maximum Gasteiger partial charge on any atom is 0.239 e. The van der Waals surface area contributed by atoms with Gasteiger partial charge in [0.25, 0.3) is 0 Å². The summed E-state index contributed by atoms with van der Waals surface area (Å²) in [5.74, 6) is 2.02. The zero-order chi connectivity index (χ0) is 17.7. The molecule has 7 nitrogen and oxygen atoms in total. The first-order valence-electron chi connectivity index (χ1n) is 8.19. The van der Waals surface area contributed by atoms with E-state index in [2.05, 4.69) is 20.9 Å². The fourth-order valence-corrected chi connectivity index (χ4v) is 2.03. The van der Waals surface area contributed by atoms with E-state index in [0.717, 1.165) is 12.2 Å². The molecule has 0 unspecified atom stereocenters. The number of carbonyl (C=O) groups excluding carboxylic acids is 1. The third kappa shape index (κ3) is 7.43. The number of hydrogen-bond donors (Lipinski definition) is 3. The van der Waals surface area contributed by atoms with Gasteiger partial charge in [-0.1, -0.05) is 18.2 Å². The summed E-state index contributed by atoms with van der Waals surface area (Å²) in [6, 6.07) is 13.3. The van der Waals surface area contributed by atoms with Crippen LogP contribution in [-0.4, -0.2) is 38.6 Å². The van der Waals surface area contributed by atoms with Crippen LogP contribution in [0.25, 0.3) is 0 Å². The molecule has 0 fully saturated rings. The summed E-state index contributed by atoms with van der Waals surface area (Å²) in [7, 11) is 1.66. The van der Waals surface area contributed by atoms with Crippen LogP contribution in [0.15, 0.2) is 58.1 Å². The van der Waals surface area contributed by atoms with Crippen molar-refractivity contribution in [2.45, 2.75) is 13.0 Å². The predicted molar refractivity (Wildman–Crippen MR) is 96.5 cm³/mol. The van der Waals surface area contributed by atoms with Crippen LogP contribution < -0.4 is 20.7 Å². The van der Waals surface area contributed by atoms with Crippen LogP contribution in [0.4, 0.5) is 0 Å². The van der Waals surface area contributed by atoms with Gasteiger partial charge >= 0.3 is 0 Å². The van der Waals surface area contributed by atoms with E-state index < -0.39 is 0 Å². The number of para-hydroxylation sites is 1. The first-order valence-corrected chi connectivity index (χ1v) is 8.19. The lowest BCUT2D eigenvalue weighted by atomic mass is 10.3. The fraction of sp³-hybridized carbons (Fsp3) is 0.333. The Bertz CT molecular complexity index is 642. The van der Waals surface area contributed by atoms with E-state index in [9.17, 15) is 4.79 Å². The van der Waals surface area contributed by atoms with Crippen molar-refractivity contribution < 1.29 is 13.9 Å². The number of amides is 1. The van der Waals surface area contributed by atoms with Gasteiger partial charge in [-0.2, -0.15) is 0 Å². The summed E-state index contributed by atoms with van der Waals surface area (Å²) in [5.41, 5.74) is 0. The normalized spacial score (nSPS) is 11.0. The highest BCUT2D eigenvalue weighted by Gasteiger charge is 2.04. The Kier molecular flexibility index (Phi) is 7.90. The third-order valence-corrected chi connectivity index (χ3v) is 3.31. The topological polar surface area (TPSA) is 87.9 Å². The quantitative estimate of drug-likeness (QED) is 0.365. The molecule has 0 atom stereocenters. The second-order valence-corrected chi connectivity index (χ2v) is 5.22. The molecule has 0 aliphatic carbocycles. The van der Waals surface area contributed by atoms with Crippen LogP contribution in [0.1, 0.15) is 12.2 Å². The molecule has 7 heteroatoms. The van der Waals surface area contributed by atoms with Crippen LogP contribution in [0, 0.1) is 0 Å². The summed E-state index contributed by atoms with van der Waals surface area (Å²) < 4.78 is 10.8. The molecule has 0 spiro atoms. The highest BCUT2D eigenvalue weighted by atomic mass is 16.5. The number of nitrogens with zero attached hydrogens (tertiary/aromatic N) is 1. The maximum atomic E-state index is 11.8. The lowest BCUT2D eigenvalue weighted by Gasteiger charge is -2.12. The Morgan fingerprint density at radius 2 is 1.96 bits per heavy atom. The molecule has 2 aromatic rings. The molecule has 0 aliphatic heterocycles. The van der Waals surface area contributed by atoms with E-state index in [1.807, 2.05) is 36.4 Å². The minimum Gasteiger partial charge on any atom is -0.494 e. The predicted octanol–water partition coefficient (Wildman–Crippen LogP) is 1.53. The second-order valence-electron chi connectivity index (χ2n) is 5.22. The van der Waals surface area contributed by atoms with E-state index in [0.29, 0.717) is 31.4 Å². The number of guanidine groups is 1. The number of benzene rings is 1. The molecule has 3 N–H and O–H groups in total. The van der Waals surface area contributed by atoms with Gasteiger partial charge in [-0.3, -0.25) is 9.79 Å². The highest BCUT2D eigenvalue weighted by Crippen LogP contribution is 2.07. The smallest absolute Gasteiger partial charge is 0.239 e. The molecule has 1 aromatic carbocycles. The SMILES string of the molecule is CN=C(NCCCOc1ccccc1)NCC(=O)NCc1ccco1. The Morgan fingerprint density at radius 3 is 2.68 bits per heavy atom. The molecule has 25 heavy (non-hydrogen) atoms. The van der Waals surface area contributed by atoms with Crippen LogP contribution in [0.3, 0.4) is 0 Å². The molecule has 0 radical (unpaired) electrons. The van der Waals surface area contributed by atoms with E-state index >= 15 is 0 Å². The molecule has 1 amide bonds. The number of furan rings is 1. The van der Waals surface area contributed by atoms with Crippen molar-refractivity contribution in [3.63, 3.8) is 0 Å². The average Bonchev–Trinajstić information content (AvgIpc) is 3.16. The second kappa shape index (κ2) is 10.7. The summed E-state index contributed by atoms with van der Waals surface area (Å²) in [6.07, 6.45) is 2.40. The summed E-state index contributed by atoms with van der Waals surface area (Å²) in [5, 5.41) is 8.87. The number of nitrogens with one attached hydrogen (secondary N) is 3. The molecule has 1 heterocycles. The van der Waals surface area contributed by atoms with Gasteiger partial charge < -0.3 is 25.1 Å². The van der Waals surface area contributed by atoms with Crippen LogP contribution in [0.5, 0.6) is 5.75 Å². The van der Waals surface area contributed by atoms with Crippen molar-refractivity contribution in [1.29, 1.82) is 0 Å². The van der Waals surface area contributed by atoms with Gasteiger partial charge in [-0.05, 0) is 30.7 Å². The number of aliphatic imine (C=N–C) groups is 1. The first kappa shape index (κ1) is 18.4. The van der Waals surface area contributed by atoms with Crippen molar-refractivity contribution in [2.24, 2.45) is 4.99 Å². The number of carbonyl (C=O) groups is 1. The van der Waals surface area contributed by atoms with Gasteiger partial charge in [-0.15, -0.1) is 0 Å². The summed E-state index contributed by atoms with van der Waals surface area (Å²) in [4.78, 5) is 15.9. The summed E-state index contributed by atoms with van der Waals surface area (Å²) in [6.45, 7) is 1.81. The van der Waals surface area contributed by atoms with Gasteiger partial charge in [0.2, 0.25) is 5.91 Å². The van der Waals surface area contributed by atoms with Crippen molar-refractivity contribution >= 4 is 11.9 Å². The molecule has 134 valence electrons. The molecule has 2 rings (SSSR count). The lowest BCUT2D eigenvalue weighted by Crippen LogP contribution is -2.43. The van der Waals surface area contributed by atoms with Crippen molar-refractivity contribution in [2.75, 3.05) is 26.7 Å². The standard InChI is InChI=1S/C18H24N4O3/c1-19-18(20-10-6-12-24-15-7-3-2-4-8-15)22-14-17(23)21-13-16-9-5-11-25-16/h2-5,7-9,11H,6,10,12-14H2,1H3,(H,21,23)(H2,19,20,22). The molecule has 0 aliphatic rings. The molecule has 1 aromatic heterocycles. The minimum atomic E-state index is -0.133. The monoisotopic (exact) mass is 344 g/mol. The van der Waals surface area contributed by atoms with E-state index in [-0.39, 0.29) is 12.5 Å². The zero-order valence-electron chi connectivity index (χ0n) is 14.3. The van der Waals surface area contributed by atoms with E-state index in [1.54, 1.807) is 19.4 Å². The Hall–Kier alpha value is -2.96. The van der Waals surface area contributed by atoms with Gasteiger partial charge in [0, 0.05) is 13.6 Å². The molecule has 0 saturated carbocycles. The third-order valence-electron chi connectivity index (χ3n) is 3.31. The molecule has 0 bridgehead atoms. The minimum absolute atomic E-state index is 0.133. The fourth-order valence-electron chi connectivity index (χ4n) is 2.03. The maximum absolute atomic E-state index is 11.8. The summed E-state index contributed by atoms with van der Waals surface area (Å²) >= 11 is 0. The van der Waals surface area contributed by atoms with Crippen molar-refractivity contribution in [3.05, 3.63) is 54.5 Å². The zero-order valence-corrected chi connectivity index (χ0v) is 14.3. The Morgan fingerprint density at radius 1 is 1.12 bits per heavy atom. The molecule has 0 saturated heterocycles. The lowest BCUT2D eigenvalue weighted by molar-refractivity contribution is -0.120. The number of ether oxygens (including phenoxy) is 1. The van der Waals surface area contributed by atoms with E-state index in [4.69, 9.17) is 9.15 Å².